The summed E-state index contributed by atoms with van der Waals surface area (Å²) in [5.41, 5.74) is 3.41. The van der Waals surface area contributed by atoms with E-state index in [-0.39, 0.29) is 24.0 Å². The molecule has 0 unspecified atom stereocenters. The van der Waals surface area contributed by atoms with Crippen LogP contribution in [0.5, 0.6) is 5.75 Å². The third-order valence-corrected chi connectivity index (χ3v) is 5.42. The second-order valence-electron chi connectivity index (χ2n) is 8.21. The average molecular weight is 470 g/mol. The van der Waals surface area contributed by atoms with Gasteiger partial charge < -0.3 is 10.1 Å². The smallest absolute Gasteiger partial charge is 0.263 e. The second kappa shape index (κ2) is 8.90. The maximum Gasteiger partial charge on any atom is 0.263 e. The number of ether oxygens (including phenoxy) is 1. The highest BCUT2D eigenvalue weighted by Gasteiger charge is 2.17. The van der Waals surface area contributed by atoms with Crippen molar-refractivity contribution in [1.29, 1.82) is 0 Å². The van der Waals surface area contributed by atoms with Crippen molar-refractivity contribution in [3.05, 3.63) is 88.0 Å². The van der Waals surface area contributed by atoms with Gasteiger partial charge in [0.1, 0.15) is 17.0 Å². The van der Waals surface area contributed by atoms with Gasteiger partial charge in [-0.3, -0.25) is 14.6 Å². The molecule has 5 aromatic rings. The molecule has 0 bridgehead atoms. The normalized spacial score (nSPS) is 11.1. The van der Waals surface area contributed by atoms with Crippen LogP contribution in [0, 0.1) is 20.8 Å². The highest BCUT2D eigenvalue weighted by molar-refractivity contribution is 5.91. The summed E-state index contributed by atoms with van der Waals surface area (Å²) in [4.78, 5) is 32.8. The lowest BCUT2D eigenvalue weighted by molar-refractivity contribution is -0.118. The molecule has 0 saturated heterocycles. The zero-order chi connectivity index (χ0) is 24.5. The van der Waals surface area contributed by atoms with Crippen molar-refractivity contribution in [3.8, 4) is 17.4 Å². The Kier molecular flexibility index (Phi) is 5.61. The molecular weight excluding hydrogens is 446 g/mol. The fourth-order valence-electron chi connectivity index (χ4n) is 3.75. The lowest BCUT2D eigenvalue weighted by Crippen LogP contribution is -2.23. The van der Waals surface area contributed by atoms with E-state index in [1.807, 2.05) is 56.3 Å². The molecule has 0 aliphatic heterocycles. The maximum atomic E-state index is 12.8. The van der Waals surface area contributed by atoms with Crippen LogP contribution in [0.1, 0.15) is 16.8 Å². The number of para-hydroxylation sites is 1. The third kappa shape index (κ3) is 4.41. The zero-order valence-corrected chi connectivity index (χ0v) is 19.4. The number of aromatic amines is 1. The molecule has 2 N–H and O–H groups in total. The number of rotatable bonds is 6. The first-order valence-electron chi connectivity index (χ1n) is 11.0. The Morgan fingerprint density at radius 1 is 1.06 bits per heavy atom. The number of carbonyl (C=O) groups excluding carboxylic acids is 1. The topological polar surface area (TPSA) is 120 Å². The van der Waals surface area contributed by atoms with E-state index < -0.39 is 0 Å². The van der Waals surface area contributed by atoms with Crippen LogP contribution in [0.4, 0.5) is 5.82 Å². The number of amides is 1. The minimum absolute atomic E-state index is 0.153. The number of carbonyl (C=O) groups is 1. The van der Waals surface area contributed by atoms with Crippen LogP contribution < -0.4 is 15.6 Å². The number of hydrogen-bond donors (Lipinski definition) is 2. The van der Waals surface area contributed by atoms with Gasteiger partial charge in [0.15, 0.2) is 12.3 Å². The molecule has 0 radical (unpaired) electrons. The van der Waals surface area contributed by atoms with Crippen LogP contribution in [-0.2, 0) is 4.79 Å². The quantitative estimate of drug-likeness (QED) is 0.394. The predicted molar refractivity (Wildman–Crippen MR) is 131 cm³/mol. The number of hydrogen-bond acceptors (Lipinski definition) is 6. The summed E-state index contributed by atoms with van der Waals surface area (Å²) in [5, 5.41) is 11.9. The fourth-order valence-corrected chi connectivity index (χ4v) is 3.75. The van der Waals surface area contributed by atoms with Gasteiger partial charge in [-0.2, -0.15) is 19.9 Å². The Labute approximate surface area is 200 Å². The molecule has 0 saturated carbocycles. The van der Waals surface area contributed by atoms with Crippen molar-refractivity contribution in [2.75, 3.05) is 11.9 Å². The Hall–Kier alpha value is -4.73. The molecule has 3 aromatic heterocycles. The van der Waals surface area contributed by atoms with Gasteiger partial charge in [0, 0.05) is 6.07 Å². The monoisotopic (exact) mass is 469 g/mol. The van der Waals surface area contributed by atoms with Crippen molar-refractivity contribution in [1.82, 2.24) is 29.5 Å². The van der Waals surface area contributed by atoms with E-state index in [1.54, 1.807) is 23.7 Å². The zero-order valence-electron chi connectivity index (χ0n) is 19.4. The lowest BCUT2D eigenvalue weighted by atomic mass is 10.2. The minimum Gasteiger partial charge on any atom is -0.483 e. The average Bonchev–Trinajstić information content (AvgIpc) is 3.42. The van der Waals surface area contributed by atoms with Crippen LogP contribution in [0.15, 0.2) is 65.6 Å². The van der Waals surface area contributed by atoms with E-state index in [2.05, 4.69) is 25.5 Å². The number of nitrogens with one attached hydrogen (secondary N) is 2. The molecule has 5 rings (SSSR count). The molecule has 10 heteroatoms. The number of nitrogens with zero attached hydrogens (tertiary/aromatic N) is 5. The molecule has 35 heavy (non-hydrogen) atoms. The molecular formula is C25H23N7O3. The molecule has 176 valence electrons. The Morgan fingerprint density at radius 2 is 1.89 bits per heavy atom. The Morgan fingerprint density at radius 3 is 2.69 bits per heavy atom. The third-order valence-electron chi connectivity index (χ3n) is 5.42. The van der Waals surface area contributed by atoms with Gasteiger partial charge in [-0.15, -0.1) is 0 Å². The number of fused-ring (bicyclic) bond motifs is 1. The van der Waals surface area contributed by atoms with Crippen molar-refractivity contribution >= 4 is 22.8 Å². The number of benzene rings is 2. The van der Waals surface area contributed by atoms with E-state index in [9.17, 15) is 9.59 Å². The molecule has 1 amide bonds. The molecule has 0 aliphatic carbocycles. The van der Waals surface area contributed by atoms with Crippen molar-refractivity contribution in [2.45, 2.75) is 20.8 Å². The Balaban J connectivity index is 1.47. The van der Waals surface area contributed by atoms with E-state index in [4.69, 9.17) is 4.74 Å². The molecule has 0 aliphatic rings. The number of aryl methyl sites for hydroxylation is 3. The van der Waals surface area contributed by atoms with Gasteiger partial charge >= 0.3 is 0 Å². The van der Waals surface area contributed by atoms with Crippen LogP contribution >= 0.6 is 0 Å². The number of anilines is 1. The largest absolute Gasteiger partial charge is 0.483 e. The number of aromatic nitrogens is 6. The van der Waals surface area contributed by atoms with Crippen LogP contribution in [0.25, 0.3) is 22.7 Å². The second-order valence-corrected chi connectivity index (χ2v) is 8.21. The Bertz CT molecular complexity index is 1610. The highest BCUT2D eigenvalue weighted by atomic mass is 16.5. The molecule has 2 aromatic carbocycles. The van der Waals surface area contributed by atoms with E-state index in [0.717, 1.165) is 16.8 Å². The fraction of sp³-hybridized carbons (Fsp3) is 0.160. The molecule has 0 spiro atoms. The van der Waals surface area contributed by atoms with Gasteiger partial charge in [-0.25, -0.2) is 4.68 Å². The van der Waals surface area contributed by atoms with Gasteiger partial charge in [-0.1, -0.05) is 30.3 Å². The van der Waals surface area contributed by atoms with Gasteiger partial charge in [-0.05, 0) is 50.1 Å². The summed E-state index contributed by atoms with van der Waals surface area (Å²) in [7, 11) is 0. The van der Waals surface area contributed by atoms with E-state index in [1.165, 1.54) is 10.9 Å². The van der Waals surface area contributed by atoms with E-state index in [0.29, 0.717) is 28.3 Å². The standard InChI is InChI=1S/C25H23N7O3/c1-15-7-6-9-18(11-15)31-23-19(13-26-31)24(34)29-25(28-23)32-21(12-17(3)30-32)27-22(33)14-35-20-10-5-4-8-16(20)2/h4-13H,14H2,1-3H3,(H,27,33)(H,28,29,34). The molecule has 3 heterocycles. The van der Waals surface area contributed by atoms with Crippen LogP contribution in [0.2, 0.25) is 0 Å². The summed E-state index contributed by atoms with van der Waals surface area (Å²) < 4.78 is 8.62. The van der Waals surface area contributed by atoms with Gasteiger partial charge in [0.25, 0.3) is 11.5 Å². The summed E-state index contributed by atoms with van der Waals surface area (Å²) >= 11 is 0. The first-order chi connectivity index (χ1) is 16.9. The first kappa shape index (κ1) is 22.1. The summed E-state index contributed by atoms with van der Waals surface area (Å²) in [6.45, 7) is 5.48. The lowest BCUT2D eigenvalue weighted by Gasteiger charge is -2.11. The van der Waals surface area contributed by atoms with Gasteiger partial charge in [0.05, 0.1) is 17.6 Å². The number of H-pyrrole nitrogens is 1. The molecule has 0 atom stereocenters. The highest BCUT2D eigenvalue weighted by Crippen LogP contribution is 2.19. The molecule has 0 fully saturated rings. The van der Waals surface area contributed by atoms with Gasteiger partial charge in [0.2, 0.25) is 5.95 Å². The maximum absolute atomic E-state index is 12.8. The van der Waals surface area contributed by atoms with Crippen LogP contribution in [-0.4, -0.2) is 42.0 Å². The van der Waals surface area contributed by atoms with Crippen molar-refractivity contribution < 1.29 is 9.53 Å². The summed E-state index contributed by atoms with van der Waals surface area (Å²) in [6.07, 6.45) is 1.48. The predicted octanol–water partition coefficient (Wildman–Crippen LogP) is 3.24. The van der Waals surface area contributed by atoms with E-state index >= 15 is 0 Å². The molecule has 10 nitrogen and oxygen atoms in total. The van der Waals surface area contributed by atoms with Crippen molar-refractivity contribution in [3.63, 3.8) is 0 Å². The summed E-state index contributed by atoms with van der Waals surface area (Å²) in [6, 6.07) is 16.9. The SMILES string of the molecule is Cc1cccc(-n2ncc3c(=O)[nH]c(-n4nc(C)cc4NC(=O)COc4ccccc4C)nc32)c1. The first-order valence-corrected chi connectivity index (χ1v) is 11.0. The minimum atomic E-state index is -0.373. The van der Waals surface area contributed by atoms with Crippen molar-refractivity contribution in [2.24, 2.45) is 0 Å². The van der Waals surface area contributed by atoms with Crippen LogP contribution in [0.3, 0.4) is 0 Å². The summed E-state index contributed by atoms with van der Waals surface area (Å²) in [5.74, 6) is 0.765.